The molecule has 1 N–H and O–H groups in total. The summed E-state index contributed by atoms with van der Waals surface area (Å²) in [6.07, 6.45) is 6.02. The van der Waals surface area contributed by atoms with E-state index in [1.54, 1.807) is 4.90 Å². The van der Waals surface area contributed by atoms with Gasteiger partial charge in [-0.3, -0.25) is 9.59 Å². The van der Waals surface area contributed by atoms with Gasteiger partial charge in [-0.25, -0.2) is 0 Å². The number of carbonyl (C=O) groups is 2. The minimum atomic E-state index is -0.0745. The molecule has 0 unspecified atom stereocenters. The van der Waals surface area contributed by atoms with Crippen molar-refractivity contribution in [3.63, 3.8) is 0 Å². The molecule has 118 valence electrons. The second-order valence-corrected chi connectivity index (χ2v) is 5.98. The number of anilines is 1. The number of benzene rings is 1. The monoisotopic (exact) mass is 302 g/mol. The van der Waals surface area contributed by atoms with Crippen molar-refractivity contribution in [3.05, 3.63) is 24.3 Å². The molecule has 5 nitrogen and oxygen atoms in total. The summed E-state index contributed by atoms with van der Waals surface area (Å²) in [5, 5.41) is 3.00. The van der Waals surface area contributed by atoms with Crippen LogP contribution < -0.4 is 15.0 Å². The van der Waals surface area contributed by atoms with Crippen molar-refractivity contribution >= 4 is 17.5 Å². The highest BCUT2D eigenvalue weighted by molar-refractivity contribution is 5.95. The Bertz CT molecular complexity index is 553. The van der Waals surface area contributed by atoms with Crippen LogP contribution in [0.3, 0.4) is 0 Å². The van der Waals surface area contributed by atoms with E-state index in [1.165, 1.54) is 12.8 Å². The smallest absolute Gasteiger partial charge is 0.258 e. The minimum absolute atomic E-state index is 0.0217. The summed E-state index contributed by atoms with van der Waals surface area (Å²) in [6, 6.07) is 7.70. The van der Waals surface area contributed by atoms with Gasteiger partial charge in [-0.1, -0.05) is 18.9 Å². The molecule has 3 rings (SSSR count). The van der Waals surface area contributed by atoms with E-state index in [-0.39, 0.29) is 18.4 Å². The Hall–Kier alpha value is -2.04. The molecular weight excluding hydrogens is 280 g/mol. The van der Waals surface area contributed by atoms with E-state index in [2.05, 4.69) is 5.32 Å². The predicted octanol–water partition coefficient (Wildman–Crippen LogP) is 2.25. The number of carbonyl (C=O) groups excluding carboxylic acids is 2. The first-order chi connectivity index (χ1) is 10.7. The molecule has 1 saturated heterocycles. The normalized spacial score (nSPS) is 18.7. The summed E-state index contributed by atoms with van der Waals surface area (Å²) < 4.78 is 5.56. The molecule has 1 heterocycles. The molecule has 0 spiro atoms. The molecule has 2 fully saturated rings. The summed E-state index contributed by atoms with van der Waals surface area (Å²) in [7, 11) is 0. The van der Waals surface area contributed by atoms with E-state index >= 15 is 0 Å². The molecule has 1 aromatic carbocycles. The summed E-state index contributed by atoms with van der Waals surface area (Å²) in [6.45, 7) is 0.776. The zero-order valence-electron chi connectivity index (χ0n) is 12.7. The highest BCUT2D eigenvalue weighted by atomic mass is 16.5. The fraction of sp³-hybridized carbons (Fsp3) is 0.529. The van der Waals surface area contributed by atoms with Crippen LogP contribution in [-0.4, -0.2) is 31.0 Å². The highest BCUT2D eigenvalue weighted by Gasteiger charge is 2.22. The number of hydrogen-bond acceptors (Lipinski definition) is 3. The number of amides is 2. The molecule has 0 atom stereocenters. The summed E-state index contributed by atoms with van der Waals surface area (Å²) >= 11 is 0. The largest absolute Gasteiger partial charge is 0.484 e. The third-order valence-corrected chi connectivity index (χ3v) is 4.29. The Kier molecular flexibility index (Phi) is 4.61. The number of nitrogens with zero attached hydrogens (tertiary/aromatic N) is 1. The van der Waals surface area contributed by atoms with Crippen LogP contribution in [0, 0.1) is 0 Å². The van der Waals surface area contributed by atoms with Gasteiger partial charge in [0.1, 0.15) is 5.75 Å². The molecule has 0 aromatic heterocycles. The molecule has 1 saturated carbocycles. The van der Waals surface area contributed by atoms with Crippen LogP contribution in [0.4, 0.5) is 5.69 Å². The Morgan fingerprint density at radius 3 is 2.82 bits per heavy atom. The van der Waals surface area contributed by atoms with Crippen molar-refractivity contribution in [2.24, 2.45) is 0 Å². The number of nitrogens with one attached hydrogen (secondary N) is 1. The van der Waals surface area contributed by atoms with Crippen molar-refractivity contribution in [2.75, 3.05) is 18.1 Å². The average Bonchev–Trinajstić information content (AvgIpc) is 3.17. The van der Waals surface area contributed by atoms with Crippen LogP contribution in [-0.2, 0) is 9.59 Å². The van der Waals surface area contributed by atoms with Gasteiger partial charge in [-0.05, 0) is 31.4 Å². The molecule has 1 aliphatic heterocycles. The Morgan fingerprint density at radius 1 is 1.27 bits per heavy atom. The Labute approximate surface area is 130 Å². The average molecular weight is 302 g/mol. The van der Waals surface area contributed by atoms with Crippen molar-refractivity contribution in [1.82, 2.24) is 5.32 Å². The van der Waals surface area contributed by atoms with Gasteiger partial charge in [0.25, 0.3) is 5.91 Å². The lowest BCUT2D eigenvalue weighted by molar-refractivity contribution is -0.123. The first-order valence-corrected chi connectivity index (χ1v) is 8.05. The van der Waals surface area contributed by atoms with Crippen molar-refractivity contribution in [3.8, 4) is 5.75 Å². The number of hydrogen-bond donors (Lipinski definition) is 1. The molecule has 5 heteroatoms. The predicted molar refractivity (Wildman–Crippen MR) is 83.9 cm³/mol. The minimum Gasteiger partial charge on any atom is -0.484 e. The second-order valence-electron chi connectivity index (χ2n) is 5.98. The Morgan fingerprint density at radius 2 is 2.09 bits per heavy atom. The van der Waals surface area contributed by atoms with E-state index in [0.717, 1.165) is 31.5 Å². The van der Waals surface area contributed by atoms with E-state index in [4.69, 9.17) is 4.74 Å². The van der Waals surface area contributed by atoms with Crippen LogP contribution in [0.15, 0.2) is 24.3 Å². The maximum atomic E-state index is 11.9. The first-order valence-electron chi connectivity index (χ1n) is 8.05. The van der Waals surface area contributed by atoms with Crippen molar-refractivity contribution in [1.29, 1.82) is 0 Å². The third-order valence-electron chi connectivity index (χ3n) is 4.29. The van der Waals surface area contributed by atoms with E-state index < -0.39 is 0 Å². The number of rotatable bonds is 5. The van der Waals surface area contributed by atoms with Crippen molar-refractivity contribution < 1.29 is 14.3 Å². The van der Waals surface area contributed by atoms with Gasteiger partial charge in [0.15, 0.2) is 6.61 Å². The van der Waals surface area contributed by atoms with Gasteiger partial charge in [-0.2, -0.15) is 0 Å². The molecule has 1 aromatic rings. The maximum absolute atomic E-state index is 11.9. The van der Waals surface area contributed by atoms with Crippen LogP contribution in [0.2, 0.25) is 0 Å². The fourth-order valence-electron chi connectivity index (χ4n) is 3.15. The lowest BCUT2D eigenvalue weighted by atomic mass is 10.2. The quantitative estimate of drug-likeness (QED) is 0.907. The second kappa shape index (κ2) is 6.81. The van der Waals surface area contributed by atoms with E-state index in [1.807, 2.05) is 24.3 Å². The molecule has 2 amide bonds. The lowest BCUT2D eigenvalue weighted by Crippen LogP contribution is -2.36. The van der Waals surface area contributed by atoms with Gasteiger partial charge in [0, 0.05) is 30.8 Å². The van der Waals surface area contributed by atoms with Gasteiger partial charge in [0.2, 0.25) is 5.91 Å². The van der Waals surface area contributed by atoms with E-state index in [9.17, 15) is 9.59 Å². The van der Waals surface area contributed by atoms with Gasteiger partial charge >= 0.3 is 0 Å². The van der Waals surface area contributed by atoms with Crippen LogP contribution >= 0.6 is 0 Å². The van der Waals surface area contributed by atoms with Crippen LogP contribution in [0.25, 0.3) is 0 Å². The molecule has 2 aliphatic rings. The number of ether oxygens (including phenoxy) is 1. The third kappa shape index (κ3) is 3.59. The summed E-state index contributed by atoms with van der Waals surface area (Å²) in [4.78, 5) is 25.4. The standard InChI is InChI=1S/C17H22N2O3/c20-16(18-13-5-1-2-6-13)12-22-15-8-3-7-14(11-15)19-10-4-9-17(19)21/h3,7-8,11,13H,1-2,4-6,9-10,12H2,(H,18,20). The zero-order valence-corrected chi connectivity index (χ0v) is 12.7. The molecular formula is C17H22N2O3. The van der Waals surface area contributed by atoms with Crippen LogP contribution in [0.1, 0.15) is 38.5 Å². The molecule has 1 aliphatic carbocycles. The summed E-state index contributed by atoms with van der Waals surface area (Å²) in [5.74, 6) is 0.699. The van der Waals surface area contributed by atoms with Gasteiger partial charge < -0.3 is 15.0 Å². The SMILES string of the molecule is O=C(COc1cccc(N2CCCC2=O)c1)NC1CCCC1. The Balaban J connectivity index is 1.54. The molecule has 22 heavy (non-hydrogen) atoms. The first kappa shape index (κ1) is 14.9. The van der Waals surface area contributed by atoms with Gasteiger partial charge in [-0.15, -0.1) is 0 Å². The summed E-state index contributed by atoms with van der Waals surface area (Å²) in [5.41, 5.74) is 0.844. The maximum Gasteiger partial charge on any atom is 0.258 e. The van der Waals surface area contributed by atoms with E-state index in [0.29, 0.717) is 18.2 Å². The zero-order chi connectivity index (χ0) is 15.4. The molecule has 0 bridgehead atoms. The van der Waals surface area contributed by atoms with Crippen molar-refractivity contribution in [2.45, 2.75) is 44.6 Å². The highest BCUT2D eigenvalue weighted by Crippen LogP contribution is 2.25. The van der Waals surface area contributed by atoms with Crippen LogP contribution in [0.5, 0.6) is 5.75 Å². The topological polar surface area (TPSA) is 58.6 Å². The lowest BCUT2D eigenvalue weighted by Gasteiger charge is -2.17. The van der Waals surface area contributed by atoms with Gasteiger partial charge in [0.05, 0.1) is 0 Å². The molecule has 0 radical (unpaired) electrons. The fourth-order valence-corrected chi connectivity index (χ4v) is 3.15.